The average molecular weight is 288 g/mol. The van der Waals surface area contributed by atoms with E-state index in [1.165, 1.54) is 6.20 Å². The molecule has 0 saturated carbocycles. The van der Waals surface area contributed by atoms with Crippen LogP contribution in [0.3, 0.4) is 0 Å². The normalized spacial score (nSPS) is 11.5. The summed E-state index contributed by atoms with van der Waals surface area (Å²) in [4.78, 5) is 3.82. The van der Waals surface area contributed by atoms with Crippen molar-refractivity contribution in [3.63, 3.8) is 0 Å². The smallest absolute Gasteiger partial charge is 0.260 e. The summed E-state index contributed by atoms with van der Waals surface area (Å²) in [6.45, 7) is 3.23. The molecule has 7 nitrogen and oxygen atoms in total. The lowest BCUT2D eigenvalue weighted by Gasteiger charge is -2.09. The number of nitrogens with two attached hydrogens (primary N) is 1. The zero-order valence-corrected chi connectivity index (χ0v) is 11.7. The van der Waals surface area contributed by atoms with Crippen LogP contribution in [0, 0.1) is 0 Å². The highest BCUT2D eigenvalue weighted by atomic mass is 32.2. The molecule has 1 heterocycles. The maximum absolute atomic E-state index is 12.0. The fraction of sp³-hybridized carbons (Fsp3) is 0.545. The van der Waals surface area contributed by atoms with Crippen LogP contribution in [0.1, 0.15) is 19.8 Å². The van der Waals surface area contributed by atoms with Gasteiger partial charge in [-0.05, 0) is 18.6 Å². The molecule has 0 unspecified atom stereocenters. The van der Waals surface area contributed by atoms with E-state index in [-0.39, 0.29) is 17.3 Å². The monoisotopic (exact) mass is 288 g/mol. The lowest BCUT2D eigenvalue weighted by atomic mass is 10.4. The van der Waals surface area contributed by atoms with Crippen molar-refractivity contribution in [2.24, 2.45) is 5.84 Å². The third-order valence-electron chi connectivity index (χ3n) is 2.36. The fourth-order valence-corrected chi connectivity index (χ4v) is 2.48. The number of nitrogen functional groups attached to an aromatic ring is 1. The molecule has 1 rings (SSSR count). The molecule has 0 aliphatic carbocycles. The Morgan fingerprint density at radius 3 is 2.89 bits per heavy atom. The number of aromatic nitrogens is 1. The number of rotatable bonds is 9. The quantitative estimate of drug-likeness (QED) is 0.346. The van der Waals surface area contributed by atoms with Gasteiger partial charge in [-0.1, -0.05) is 13.3 Å². The molecule has 0 atom stereocenters. The molecule has 0 aliphatic heterocycles. The molecule has 1 aromatic rings. The van der Waals surface area contributed by atoms with Crippen LogP contribution in [0.4, 0.5) is 5.69 Å². The molecule has 19 heavy (non-hydrogen) atoms. The summed E-state index contributed by atoms with van der Waals surface area (Å²) >= 11 is 0. The van der Waals surface area contributed by atoms with Crippen molar-refractivity contribution >= 4 is 15.7 Å². The summed E-state index contributed by atoms with van der Waals surface area (Å²) in [6, 6.07) is 3.14. The van der Waals surface area contributed by atoms with Crippen molar-refractivity contribution in [3.05, 3.63) is 18.3 Å². The topological polar surface area (TPSA) is 106 Å². The van der Waals surface area contributed by atoms with Crippen LogP contribution in [-0.2, 0) is 14.8 Å². The molecule has 0 aliphatic rings. The van der Waals surface area contributed by atoms with Gasteiger partial charge in [0.05, 0.1) is 12.3 Å². The first-order valence-corrected chi connectivity index (χ1v) is 7.59. The van der Waals surface area contributed by atoms with Gasteiger partial charge in [0.2, 0.25) is 0 Å². The third-order valence-corrected chi connectivity index (χ3v) is 3.78. The van der Waals surface area contributed by atoms with Crippen molar-refractivity contribution in [2.75, 3.05) is 25.2 Å². The third kappa shape index (κ3) is 5.11. The van der Waals surface area contributed by atoms with E-state index >= 15 is 0 Å². The van der Waals surface area contributed by atoms with Crippen molar-refractivity contribution in [1.29, 1.82) is 0 Å². The lowest BCUT2D eigenvalue weighted by Crippen LogP contribution is -2.29. The van der Waals surface area contributed by atoms with Gasteiger partial charge in [0.1, 0.15) is 0 Å². The largest absolute Gasteiger partial charge is 0.380 e. The predicted octanol–water partition coefficient (Wildman–Crippen LogP) is 0.462. The molecular formula is C11H20N4O3S. The van der Waals surface area contributed by atoms with Crippen molar-refractivity contribution in [1.82, 2.24) is 9.71 Å². The summed E-state index contributed by atoms with van der Waals surface area (Å²) in [6.07, 6.45) is 3.41. The van der Waals surface area contributed by atoms with E-state index in [1.807, 2.05) is 0 Å². The number of sulfonamides is 1. The van der Waals surface area contributed by atoms with Gasteiger partial charge in [-0.15, -0.1) is 0 Å². The van der Waals surface area contributed by atoms with Gasteiger partial charge in [0.15, 0.2) is 5.03 Å². The van der Waals surface area contributed by atoms with E-state index in [4.69, 9.17) is 10.6 Å². The van der Waals surface area contributed by atoms with Crippen LogP contribution in [0.25, 0.3) is 0 Å². The van der Waals surface area contributed by atoms with Gasteiger partial charge < -0.3 is 10.2 Å². The molecule has 1 aromatic heterocycles. The SMILES string of the molecule is CCCCOCCNS(=O)(=O)c1ncccc1NN. The Bertz CT molecular complexity index is 479. The zero-order chi connectivity index (χ0) is 14.1. The van der Waals surface area contributed by atoms with Crippen LogP contribution >= 0.6 is 0 Å². The Hall–Kier alpha value is -1.22. The first kappa shape index (κ1) is 15.8. The van der Waals surface area contributed by atoms with Crippen molar-refractivity contribution < 1.29 is 13.2 Å². The average Bonchev–Trinajstić information content (AvgIpc) is 2.42. The molecule has 0 fully saturated rings. The van der Waals surface area contributed by atoms with Gasteiger partial charge in [-0.3, -0.25) is 5.84 Å². The minimum atomic E-state index is -3.68. The number of ether oxygens (including phenoxy) is 1. The second-order valence-electron chi connectivity index (χ2n) is 3.86. The first-order valence-electron chi connectivity index (χ1n) is 6.11. The molecular weight excluding hydrogens is 268 g/mol. The second kappa shape index (κ2) is 8.05. The summed E-state index contributed by atoms with van der Waals surface area (Å²) in [7, 11) is -3.68. The van der Waals surface area contributed by atoms with E-state index in [0.717, 1.165) is 12.8 Å². The van der Waals surface area contributed by atoms with Crippen molar-refractivity contribution in [3.8, 4) is 0 Å². The fourth-order valence-electron chi connectivity index (χ4n) is 1.38. The number of hydrogen-bond donors (Lipinski definition) is 3. The van der Waals surface area contributed by atoms with E-state index < -0.39 is 10.0 Å². The Labute approximate surface area is 113 Å². The molecule has 0 bridgehead atoms. The predicted molar refractivity (Wildman–Crippen MR) is 73.0 cm³/mol. The summed E-state index contributed by atoms with van der Waals surface area (Å²) in [5, 5.41) is -0.119. The molecule has 0 aromatic carbocycles. The molecule has 8 heteroatoms. The number of nitrogens with zero attached hydrogens (tertiary/aromatic N) is 1. The Kier molecular flexibility index (Phi) is 6.71. The number of pyridine rings is 1. The van der Waals surface area contributed by atoms with Crippen LogP contribution in [0.5, 0.6) is 0 Å². The zero-order valence-electron chi connectivity index (χ0n) is 10.9. The highest BCUT2D eigenvalue weighted by molar-refractivity contribution is 7.89. The van der Waals surface area contributed by atoms with E-state index in [2.05, 4.69) is 22.1 Å². The minimum Gasteiger partial charge on any atom is -0.380 e. The molecule has 0 amide bonds. The Morgan fingerprint density at radius 1 is 1.42 bits per heavy atom. The number of hydrogen-bond acceptors (Lipinski definition) is 6. The number of unbranched alkanes of at least 4 members (excludes halogenated alkanes) is 1. The first-order chi connectivity index (χ1) is 9.11. The van der Waals surface area contributed by atoms with Gasteiger partial charge in [0.25, 0.3) is 10.0 Å². The minimum absolute atomic E-state index is 0.119. The van der Waals surface area contributed by atoms with Gasteiger partial charge in [-0.25, -0.2) is 18.1 Å². The highest BCUT2D eigenvalue weighted by Crippen LogP contribution is 2.15. The van der Waals surface area contributed by atoms with E-state index in [0.29, 0.717) is 13.2 Å². The molecule has 0 saturated heterocycles. The van der Waals surface area contributed by atoms with E-state index in [1.54, 1.807) is 12.1 Å². The Balaban J connectivity index is 2.52. The summed E-state index contributed by atoms with van der Waals surface area (Å²) < 4.78 is 31.6. The van der Waals surface area contributed by atoms with Crippen LogP contribution in [0.15, 0.2) is 23.4 Å². The van der Waals surface area contributed by atoms with Crippen LogP contribution in [0.2, 0.25) is 0 Å². The van der Waals surface area contributed by atoms with Crippen LogP contribution in [-0.4, -0.2) is 33.2 Å². The summed E-state index contributed by atoms with van der Waals surface area (Å²) in [5.74, 6) is 5.25. The molecule has 108 valence electrons. The lowest BCUT2D eigenvalue weighted by molar-refractivity contribution is 0.136. The van der Waals surface area contributed by atoms with Gasteiger partial charge in [0, 0.05) is 19.3 Å². The molecule has 0 spiro atoms. The highest BCUT2D eigenvalue weighted by Gasteiger charge is 2.18. The van der Waals surface area contributed by atoms with Crippen LogP contribution < -0.4 is 16.0 Å². The summed E-state index contributed by atoms with van der Waals surface area (Å²) in [5.41, 5.74) is 2.56. The number of hydrazine groups is 1. The van der Waals surface area contributed by atoms with Gasteiger partial charge >= 0.3 is 0 Å². The number of anilines is 1. The Morgan fingerprint density at radius 2 is 2.21 bits per heavy atom. The molecule has 0 radical (unpaired) electrons. The maximum Gasteiger partial charge on any atom is 0.260 e. The maximum atomic E-state index is 12.0. The van der Waals surface area contributed by atoms with E-state index in [9.17, 15) is 8.42 Å². The second-order valence-corrected chi connectivity index (χ2v) is 5.55. The number of nitrogens with one attached hydrogen (secondary N) is 2. The van der Waals surface area contributed by atoms with Gasteiger partial charge in [-0.2, -0.15) is 0 Å². The van der Waals surface area contributed by atoms with Crippen molar-refractivity contribution in [2.45, 2.75) is 24.8 Å². The molecule has 4 N–H and O–H groups in total. The standard InChI is InChI=1S/C11H20N4O3S/c1-2-3-8-18-9-7-14-19(16,17)11-10(15-12)5-4-6-13-11/h4-6,14-15H,2-3,7-9,12H2,1H3.